The maximum Gasteiger partial charge on any atom is 0.261 e. The molecule has 3 aromatic rings. The molecule has 31 heavy (non-hydrogen) atoms. The molecule has 5 rings (SSSR count). The van der Waals surface area contributed by atoms with Gasteiger partial charge in [-0.05, 0) is 50.7 Å². The van der Waals surface area contributed by atoms with Crippen LogP contribution in [0.25, 0.3) is 22.8 Å². The highest BCUT2D eigenvalue weighted by molar-refractivity contribution is 5.79. The van der Waals surface area contributed by atoms with Gasteiger partial charge in [0.2, 0.25) is 11.7 Å². The van der Waals surface area contributed by atoms with E-state index in [1.54, 1.807) is 6.20 Å². The van der Waals surface area contributed by atoms with E-state index in [4.69, 9.17) is 4.52 Å². The number of hydrogen-bond acceptors (Lipinski definition) is 6. The van der Waals surface area contributed by atoms with Crippen molar-refractivity contribution in [3.8, 4) is 22.8 Å². The fourth-order valence-corrected chi connectivity index (χ4v) is 4.03. The molecule has 1 aromatic carbocycles. The van der Waals surface area contributed by atoms with Crippen molar-refractivity contribution in [1.82, 2.24) is 20.4 Å². The molecule has 0 radical (unpaired) electrons. The van der Waals surface area contributed by atoms with Gasteiger partial charge in [0.15, 0.2) is 0 Å². The molecule has 0 atom stereocenters. The molecule has 1 N–H and O–H groups in total. The summed E-state index contributed by atoms with van der Waals surface area (Å²) in [4.78, 5) is 23.9. The third-order valence-electron chi connectivity index (χ3n) is 6.18. The number of aromatic nitrogens is 3. The lowest BCUT2D eigenvalue weighted by atomic mass is 9.95. The number of nitrogens with one attached hydrogen (secondary N) is 1. The predicted molar refractivity (Wildman–Crippen MR) is 118 cm³/mol. The highest BCUT2D eigenvalue weighted by atomic mass is 16.5. The van der Waals surface area contributed by atoms with Crippen LogP contribution in [0.15, 0.2) is 47.1 Å². The van der Waals surface area contributed by atoms with Crippen LogP contribution in [-0.2, 0) is 4.79 Å². The summed E-state index contributed by atoms with van der Waals surface area (Å²) in [6.45, 7) is 4.45. The molecule has 2 aliphatic rings. The minimum absolute atomic E-state index is 0.0821. The second-order valence-electron chi connectivity index (χ2n) is 8.61. The summed E-state index contributed by atoms with van der Waals surface area (Å²) in [6.07, 6.45) is 5.94. The number of anilines is 1. The zero-order chi connectivity index (χ0) is 21.2. The topological polar surface area (TPSA) is 84.2 Å². The molecule has 1 aliphatic heterocycles. The van der Waals surface area contributed by atoms with Crippen LogP contribution in [0.4, 0.5) is 5.82 Å². The van der Waals surface area contributed by atoms with Crippen molar-refractivity contribution in [2.45, 2.75) is 32.6 Å². The molecule has 7 nitrogen and oxygen atoms in total. The SMILES string of the molecule is Cc1ccc(-c2noc(-c3cccnc3N3CCC(C(=O)NCC4CC4)CC3)n2)cc1. The molecule has 1 saturated carbocycles. The number of aryl methyl sites for hydroxylation is 1. The average Bonchev–Trinajstić information content (AvgIpc) is 3.52. The van der Waals surface area contributed by atoms with E-state index in [1.165, 1.54) is 18.4 Å². The summed E-state index contributed by atoms with van der Waals surface area (Å²) >= 11 is 0. The monoisotopic (exact) mass is 417 g/mol. The normalized spacial score (nSPS) is 17.0. The number of pyridine rings is 1. The van der Waals surface area contributed by atoms with Gasteiger partial charge in [-0.1, -0.05) is 35.0 Å². The smallest absolute Gasteiger partial charge is 0.261 e. The largest absolute Gasteiger partial charge is 0.356 e. The lowest BCUT2D eigenvalue weighted by molar-refractivity contribution is -0.125. The van der Waals surface area contributed by atoms with E-state index < -0.39 is 0 Å². The molecule has 1 saturated heterocycles. The molecule has 1 aliphatic carbocycles. The number of carbonyl (C=O) groups is 1. The molecular weight excluding hydrogens is 390 g/mol. The minimum Gasteiger partial charge on any atom is -0.356 e. The first-order chi connectivity index (χ1) is 15.2. The first-order valence-corrected chi connectivity index (χ1v) is 11.1. The van der Waals surface area contributed by atoms with Crippen LogP contribution in [0, 0.1) is 18.8 Å². The van der Waals surface area contributed by atoms with Crippen molar-refractivity contribution in [2.24, 2.45) is 11.8 Å². The van der Waals surface area contributed by atoms with Crippen LogP contribution < -0.4 is 10.2 Å². The lowest BCUT2D eigenvalue weighted by Gasteiger charge is -2.32. The predicted octanol–water partition coefficient (Wildman–Crippen LogP) is 3.85. The minimum atomic E-state index is 0.0821. The van der Waals surface area contributed by atoms with Gasteiger partial charge < -0.3 is 14.7 Å². The Morgan fingerprint density at radius 3 is 2.65 bits per heavy atom. The zero-order valence-corrected chi connectivity index (χ0v) is 17.8. The van der Waals surface area contributed by atoms with Gasteiger partial charge in [-0.2, -0.15) is 4.98 Å². The van der Waals surface area contributed by atoms with Gasteiger partial charge in [0, 0.05) is 37.3 Å². The van der Waals surface area contributed by atoms with Crippen LogP contribution in [0.3, 0.4) is 0 Å². The molecule has 0 spiro atoms. The molecule has 7 heteroatoms. The standard InChI is InChI=1S/C24H27N5O2/c1-16-4-8-18(9-5-16)21-27-24(31-28-21)20-3-2-12-25-22(20)29-13-10-19(11-14-29)23(30)26-15-17-6-7-17/h2-5,8-9,12,17,19H,6-7,10-11,13-15H2,1H3,(H,26,30). The quantitative estimate of drug-likeness (QED) is 0.656. The second kappa shape index (κ2) is 8.49. The third kappa shape index (κ3) is 4.45. The van der Waals surface area contributed by atoms with E-state index in [9.17, 15) is 4.79 Å². The van der Waals surface area contributed by atoms with E-state index in [0.29, 0.717) is 17.6 Å². The fourth-order valence-electron chi connectivity index (χ4n) is 4.03. The molecule has 2 aromatic heterocycles. The zero-order valence-electron chi connectivity index (χ0n) is 17.8. The molecule has 1 amide bonds. The van der Waals surface area contributed by atoms with Crippen molar-refractivity contribution in [2.75, 3.05) is 24.5 Å². The first-order valence-electron chi connectivity index (χ1n) is 11.1. The Morgan fingerprint density at radius 1 is 1.13 bits per heavy atom. The molecule has 160 valence electrons. The van der Waals surface area contributed by atoms with Crippen LogP contribution in [-0.4, -0.2) is 40.7 Å². The van der Waals surface area contributed by atoms with Crippen LogP contribution in [0.5, 0.6) is 0 Å². The summed E-state index contributed by atoms with van der Waals surface area (Å²) < 4.78 is 5.59. The first kappa shape index (κ1) is 19.7. The molecule has 2 fully saturated rings. The van der Waals surface area contributed by atoms with Crippen molar-refractivity contribution >= 4 is 11.7 Å². The highest BCUT2D eigenvalue weighted by Gasteiger charge is 2.29. The van der Waals surface area contributed by atoms with Gasteiger partial charge in [-0.15, -0.1) is 0 Å². The molecule has 3 heterocycles. The van der Waals surface area contributed by atoms with Gasteiger partial charge in [0.25, 0.3) is 5.89 Å². The Morgan fingerprint density at radius 2 is 1.90 bits per heavy atom. The number of piperidine rings is 1. The van der Waals surface area contributed by atoms with Gasteiger partial charge in [0.05, 0.1) is 5.56 Å². The Kier molecular flexibility index (Phi) is 5.40. The average molecular weight is 418 g/mol. The maximum atomic E-state index is 12.4. The summed E-state index contributed by atoms with van der Waals surface area (Å²) in [6, 6.07) is 11.9. The number of hydrogen-bond donors (Lipinski definition) is 1. The summed E-state index contributed by atoms with van der Waals surface area (Å²) in [7, 11) is 0. The van der Waals surface area contributed by atoms with Gasteiger partial charge in [-0.3, -0.25) is 4.79 Å². The van der Waals surface area contributed by atoms with E-state index in [2.05, 4.69) is 25.3 Å². The van der Waals surface area contributed by atoms with Crippen LogP contribution in [0.2, 0.25) is 0 Å². The summed E-state index contributed by atoms with van der Waals surface area (Å²) in [5.41, 5.74) is 2.93. The van der Waals surface area contributed by atoms with Gasteiger partial charge in [-0.25, -0.2) is 4.98 Å². The Balaban J connectivity index is 1.29. The maximum absolute atomic E-state index is 12.4. The highest BCUT2D eigenvalue weighted by Crippen LogP contribution is 2.32. The lowest BCUT2D eigenvalue weighted by Crippen LogP contribution is -2.41. The van der Waals surface area contributed by atoms with Crippen molar-refractivity contribution in [3.63, 3.8) is 0 Å². The van der Waals surface area contributed by atoms with E-state index in [1.807, 2.05) is 43.3 Å². The Bertz CT molecular complexity index is 1050. The van der Waals surface area contributed by atoms with E-state index in [-0.39, 0.29) is 11.8 Å². The number of rotatable bonds is 6. The number of carbonyl (C=O) groups excluding carboxylic acids is 1. The molecule has 0 unspecified atom stereocenters. The summed E-state index contributed by atoms with van der Waals surface area (Å²) in [5.74, 6) is 2.85. The van der Waals surface area contributed by atoms with E-state index >= 15 is 0 Å². The van der Waals surface area contributed by atoms with Crippen molar-refractivity contribution in [1.29, 1.82) is 0 Å². The number of benzene rings is 1. The van der Waals surface area contributed by atoms with Crippen molar-refractivity contribution < 1.29 is 9.32 Å². The Hall–Kier alpha value is -3.22. The third-order valence-corrected chi connectivity index (χ3v) is 6.18. The number of nitrogens with zero attached hydrogens (tertiary/aromatic N) is 4. The molecular formula is C24H27N5O2. The molecule has 0 bridgehead atoms. The fraction of sp³-hybridized carbons (Fsp3) is 0.417. The number of amides is 1. The van der Waals surface area contributed by atoms with Crippen molar-refractivity contribution in [3.05, 3.63) is 48.2 Å². The van der Waals surface area contributed by atoms with Crippen LogP contribution >= 0.6 is 0 Å². The second-order valence-corrected chi connectivity index (χ2v) is 8.61. The summed E-state index contributed by atoms with van der Waals surface area (Å²) in [5, 5.41) is 7.29. The Labute approximate surface area is 181 Å². The van der Waals surface area contributed by atoms with Gasteiger partial charge >= 0.3 is 0 Å². The van der Waals surface area contributed by atoms with Crippen LogP contribution in [0.1, 0.15) is 31.2 Å². The van der Waals surface area contributed by atoms with Gasteiger partial charge in [0.1, 0.15) is 5.82 Å². The van der Waals surface area contributed by atoms with E-state index in [0.717, 1.165) is 49.4 Å².